The van der Waals surface area contributed by atoms with E-state index in [-0.39, 0.29) is 22.2 Å². The van der Waals surface area contributed by atoms with Gasteiger partial charge >= 0.3 is 0 Å². The predicted molar refractivity (Wildman–Crippen MR) is 77.4 cm³/mol. The second-order valence-corrected chi connectivity index (χ2v) is 6.02. The number of hydrogen-bond acceptors (Lipinski definition) is 2. The van der Waals surface area contributed by atoms with E-state index in [9.17, 15) is 5.11 Å². The third-order valence-electron chi connectivity index (χ3n) is 3.28. The van der Waals surface area contributed by atoms with Gasteiger partial charge in [0.15, 0.2) is 0 Å². The number of halogens is 1. The molecule has 17 heavy (non-hydrogen) atoms. The lowest BCUT2D eigenvalue weighted by Crippen LogP contribution is -2.24. The van der Waals surface area contributed by atoms with Gasteiger partial charge < -0.3 is 9.84 Å². The van der Waals surface area contributed by atoms with E-state index in [1.165, 1.54) is 12.8 Å². The SMILES string of the molecule is CCCC[C@@H]1O[C@@H](c2ccccc2)[C@@H](O)[C@@H]1I. The normalized spacial score (nSPS) is 32.9. The van der Waals surface area contributed by atoms with Crippen molar-refractivity contribution in [2.45, 2.75) is 48.4 Å². The van der Waals surface area contributed by atoms with Crippen LogP contribution in [0.25, 0.3) is 0 Å². The molecule has 0 aliphatic carbocycles. The van der Waals surface area contributed by atoms with Gasteiger partial charge in [0, 0.05) is 0 Å². The Morgan fingerprint density at radius 1 is 1.29 bits per heavy atom. The van der Waals surface area contributed by atoms with Crippen LogP contribution in [0, 0.1) is 0 Å². The van der Waals surface area contributed by atoms with Gasteiger partial charge in [0.05, 0.1) is 16.1 Å². The Morgan fingerprint density at radius 2 is 2.00 bits per heavy atom. The summed E-state index contributed by atoms with van der Waals surface area (Å²) in [4.78, 5) is 0. The summed E-state index contributed by atoms with van der Waals surface area (Å²) >= 11 is 2.33. The fourth-order valence-electron chi connectivity index (χ4n) is 2.28. The number of hydrogen-bond donors (Lipinski definition) is 1. The molecule has 0 spiro atoms. The maximum absolute atomic E-state index is 10.2. The Hall–Kier alpha value is -0.130. The molecule has 1 aliphatic heterocycles. The van der Waals surface area contributed by atoms with Crippen molar-refractivity contribution in [1.82, 2.24) is 0 Å². The zero-order valence-electron chi connectivity index (χ0n) is 10.1. The van der Waals surface area contributed by atoms with E-state index < -0.39 is 0 Å². The molecular formula is C14H19IO2. The smallest absolute Gasteiger partial charge is 0.110 e. The van der Waals surface area contributed by atoms with E-state index in [4.69, 9.17) is 4.74 Å². The number of benzene rings is 1. The van der Waals surface area contributed by atoms with Crippen molar-refractivity contribution in [2.24, 2.45) is 0 Å². The second-order valence-electron chi connectivity index (χ2n) is 4.58. The van der Waals surface area contributed by atoms with Gasteiger partial charge in [-0.05, 0) is 12.0 Å². The van der Waals surface area contributed by atoms with Crippen molar-refractivity contribution in [3.05, 3.63) is 35.9 Å². The first-order valence-electron chi connectivity index (χ1n) is 6.26. The molecule has 0 radical (unpaired) electrons. The van der Waals surface area contributed by atoms with Crippen LogP contribution >= 0.6 is 22.6 Å². The Kier molecular flexibility index (Phi) is 4.82. The summed E-state index contributed by atoms with van der Waals surface area (Å²) in [6.45, 7) is 2.18. The van der Waals surface area contributed by atoms with Crippen molar-refractivity contribution in [2.75, 3.05) is 0 Å². The average Bonchev–Trinajstić information content (AvgIpc) is 2.65. The quantitative estimate of drug-likeness (QED) is 0.668. The molecule has 1 fully saturated rings. The van der Waals surface area contributed by atoms with E-state index in [0.717, 1.165) is 12.0 Å². The summed E-state index contributed by atoms with van der Waals surface area (Å²) in [7, 11) is 0. The minimum atomic E-state index is -0.389. The molecule has 1 saturated heterocycles. The first kappa shape index (κ1) is 13.3. The lowest BCUT2D eigenvalue weighted by Gasteiger charge is -2.14. The second kappa shape index (κ2) is 6.16. The summed E-state index contributed by atoms with van der Waals surface area (Å²) in [5.74, 6) is 0. The van der Waals surface area contributed by atoms with Gasteiger partial charge in [-0.25, -0.2) is 0 Å². The maximum atomic E-state index is 10.2. The summed E-state index contributed by atoms with van der Waals surface area (Å²) < 4.78 is 6.22. The molecule has 1 N–H and O–H groups in total. The van der Waals surface area contributed by atoms with Crippen LogP contribution in [0.2, 0.25) is 0 Å². The molecule has 0 bridgehead atoms. The summed E-state index contributed by atoms with van der Waals surface area (Å²) in [5.41, 5.74) is 1.08. The fourth-order valence-corrected chi connectivity index (χ4v) is 3.19. The third kappa shape index (κ3) is 3.01. The van der Waals surface area contributed by atoms with Crippen LogP contribution in [0.15, 0.2) is 30.3 Å². The summed E-state index contributed by atoms with van der Waals surface area (Å²) in [6, 6.07) is 10.0. The van der Waals surface area contributed by atoms with E-state index in [1.807, 2.05) is 30.3 Å². The van der Waals surface area contributed by atoms with E-state index in [1.54, 1.807) is 0 Å². The molecule has 94 valence electrons. The number of unbranched alkanes of at least 4 members (excludes halogenated alkanes) is 1. The number of ether oxygens (including phenoxy) is 1. The molecule has 2 rings (SSSR count). The van der Waals surface area contributed by atoms with Crippen molar-refractivity contribution < 1.29 is 9.84 Å². The molecule has 0 saturated carbocycles. The Morgan fingerprint density at radius 3 is 2.65 bits per heavy atom. The maximum Gasteiger partial charge on any atom is 0.110 e. The van der Waals surface area contributed by atoms with Crippen LogP contribution in [-0.2, 0) is 4.74 Å². The number of alkyl halides is 1. The van der Waals surface area contributed by atoms with Crippen molar-refractivity contribution >= 4 is 22.6 Å². The van der Waals surface area contributed by atoms with Crippen molar-refractivity contribution in [3.8, 4) is 0 Å². The Bertz CT molecular complexity index is 341. The van der Waals surface area contributed by atoms with Crippen LogP contribution < -0.4 is 0 Å². The Labute approximate surface area is 117 Å². The van der Waals surface area contributed by atoms with E-state index >= 15 is 0 Å². The van der Waals surface area contributed by atoms with Crippen LogP contribution in [0.1, 0.15) is 37.9 Å². The zero-order chi connectivity index (χ0) is 12.3. The minimum Gasteiger partial charge on any atom is -0.389 e. The number of aliphatic hydroxyl groups is 1. The highest BCUT2D eigenvalue weighted by atomic mass is 127. The van der Waals surface area contributed by atoms with Gasteiger partial charge in [-0.3, -0.25) is 0 Å². The van der Waals surface area contributed by atoms with Gasteiger partial charge in [0.1, 0.15) is 6.10 Å². The highest BCUT2D eigenvalue weighted by Gasteiger charge is 2.42. The fraction of sp³-hybridized carbons (Fsp3) is 0.571. The van der Waals surface area contributed by atoms with Crippen molar-refractivity contribution in [1.29, 1.82) is 0 Å². The Balaban J connectivity index is 2.06. The highest BCUT2D eigenvalue weighted by molar-refractivity contribution is 14.1. The molecular weight excluding hydrogens is 327 g/mol. The van der Waals surface area contributed by atoms with Gasteiger partial charge in [-0.15, -0.1) is 0 Å². The van der Waals surface area contributed by atoms with Gasteiger partial charge in [-0.2, -0.15) is 0 Å². The largest absolute Gasteiger partial charge is 0.389 e. The minimum absolute atomic E-state index is 0.153. The molecule has 1 aliphatic rings. The molecule has 0 unspecified atom stereocenters. The molecule has 1 aromatic carbocycles. The van der Waals surface area contributed by atoms with Gasteiger partial charge in [0.2, 0.25) is 0 Å². The standard InChI is InChI=1S/C14H19IO2/c1-2-3-9-11-12(15)13(16)14(17-11)10-7-5-4-6-8-10/h4-8,11-14,16H,2-3,9H2,1H3/t11-,12+,13-,14-/m0/s1. The summed E-state index contributed by atoms with van der Waals surface area (Å²) in [6.07, 6.45) is 3.04. The lowest BCUT2D eigenvalue weighted by atomic mass is 10.0. The number of aliphatic hydroxyl groups excluding tert-OH is 1. The van der Waals surface area contributed by atoms with Crippen LogP contribution in [0.3, 0.4) is 0 Å². The topological polar surface area (TPSA) is 29.5 Å². The lowest BCUT2D eigenvalue weighted by molar-refractivity contribution is 0.00583. The molecule has 0 amide bonds. The van der Waals surface area contributed by atoms with E-state index in [0.29, 0.717) is 0 Å². The molecule has 1 aromatic rings. The summed E-state index contributed by atoms with van der Waals surface area (Å²) in [5, 5.41) is 10.2. The molecule has 0 aromatic heterocycles. The van der Waals surface area contributed by atoms with Crippen LogP contribution in [0.5, 0.6) is 0 Å². The molecule has 1 heterocycles. The van der Waals surface area contributed by atoms with Gasteiger partial charge in [0.25, 0.3) is 0 Å². The van der Waals surface area contributed by atoms with Crippen LogP contribution in [-0.4, -0.2) is 21.2 Å². The highest BCUT2D eigenvalue weighted by Crippen LogP contribution is 2.39. The monoisotopic (exact) mass is 346 g/mol. The van der Waals surface area contributed by atoms with E-state index in [2.05, 4.69) is 29.5 Å². The predicted octanol–water partition coefficient (Wildman–Crippen LogP) is 3.48. The molecule has 3 heteroatoms. The first-order chi connectivity index (χ1) is 8.24. The van der Waals surface area contributed by atoms with Crippen molar-refractivity contribution in [3.63, 3.8) is 0 Å². The average molecular weight is 346 g/mol. The number of rotatable bonds is 4. The zero-order valence-corrected chi connectivity index (χ0v) is 12.2. The first-order valence-corrected chi connectivity index (χ1v) is 7.51. The van der Waals surface area contributed by atoms with Crippen LogP contribution in [0.4, 0.5) is 0 Å². The molecule has 4 atom stereocenters. The molecule has 2 nitrogen and oxygen atoms in total. The van der Waals surface area contributed by atoms with Gasteiger partial charge in [-0.1, -0.05) is 72.7 Å². The third-order valence-corrected chi connectivity index (χ3v) is 4.82.